The molecule has 2 aromatic carbocycles. The van der Waals surface area contributed by atoms with Gasteiger partial charge < -0.3 is 0 Å². The topological polar surface area (TPSA) is 17.1 Å². The van der Waals surface area contributed by atoms with Gasteiger partial charge in [0.25, 0.3) is 0 Å². The van der Waals surface area contributed by atoms with Crippen LogP contribution in [0, 0.1) is 0 Å². The molecule has 0 atom stereocenters. The molecule has 0 aromatic heterocycles. The molecule has 6 rings (SSSR count). The Morgan fingerprint density at radius 3 is 0.762 bits per heavy atom. The van der Waals surface area contributed by atoms with Gasteiger partial charge in [-0.05, 0) is 0 Å². The summed E-state index contributed by atoms with van der Waals surface area (Å²) < 4.78 is 19.0. The van der Waals surface area contributed by atoms with E-state index in [1.54, 1.807) is 0 Å². The average molecular weight is 628 g/mol. The zero-order valence-electron chi connectivity index (χ0n) is 29.9. The number of fused-ring (bicyclic) bond motifs is 4. The number of rotatable bonds is 2. The van der Waals surface area contributed by atoms with E-state index < -0.39 is 14.3 Å². The van der Waals surface area contributed by atoms with Crippen molar-refractivity contribution in [3.63, 3.8) is 0 Å². The normalized spacial score (nSPS) is 26.9. The maximum absolute atomic E-state index is 16.3. The van der Waals surface area contributed by atoms with E-state index in [9.17, 15) is 0 Å². The molecule has 2 heteroatoms. The molecule has 42 heavy (non-hydrogen) atoms. The SMILES string of the molecule is CC1(C)CC(C)(C)c2c1cc1c([c]2[Ge](=[O])[c]2c3c(cc4c2C(C)(C)CC4(C)C)C(C)(C)CC3(C)C)C(C)(C)CC1(C)C. The van der Waals surface area contributed by atoms with Crippen molar-refractivity contribution in [1.82, 2.24) is 0 Å². The average Bonchev–Trinajstić information content (AvgIpc) is 3.25. The summed E-state index contributed by atoms with van der Waals surface area (Å²) in [5.41, 5.74) is 12.1. The second-order valence-electron chi connectivity index (χ2n) is 20.3. The van der Waals surface area contributed by atoms with Gasteiger partial charge in [0.05, 0.1) is 0 Å². The third-order valence-electron chi connectivity index (χ3n) is 12.3. The summed E-state index contributed by atoms with van der Waals surface area (Å²) in [5.74, 6) is 0. The van der Waals surface area contributed by atoms with E-state index in [-0.39, 0.29) is 43.3 Å². The first-order chi connectivity index (χ1) is 18.7. The van der Waals surface area contributed by atoms with E-state index in [2.05, 4.69) is 123 Å². The number of hydrogen-bond donors (Lipinski definition) is 0. The quantitative estimate of drug-likeness (QED) is 0.304. The summed E-state index contributed by atoms with van der Waals surface area (Å²) in [6.07, 6.45) is 4.44. The molecule has 228 valence electrons. The Balaban J connectivity index is 1.82. The van der Waals surface area contributed by atoms with Crippen molar-refractivity contribution in [1.29, 1.82) is 0 Å². The van der Waals surface area contributed by atoms with Crippen molar-refractivity contribution < 1.29 is 3.78 Å². The van der Waals surface area contributed by atoms with Gasteiger partial charge in [-0.2, -0.15) is 0 Å². The predicted molar refractivity (Wildman–Crippen MR) is 181 cm³/mol. The van der Waals surface area contributed by atoms with Crippen LogP contribution in [0.4, 0.5) is 0 Å². The zero-order chi connectivity index (χ0) is 31.6. The molecule has 0 unspecified atom stereocenters. The van der Waals surface area contributed by atoms with Crippen molar-refractivity contribution in [2.75, 3.05) is 0 Å². The Hall–Kier alpha value is -1.22. The molecular formula is C40H58GeO. The van der Waals surface area contributed by atoms with Crippen molar-refractivity contribution in [2.45, 2.75) is 180 Å². The third kappa shape index (κ3) is 3.92. The van der Waals surface area contributed by atoms with Gasteiger partial charge in [-0.25, -0.2) is 0 Å². The predicted octanol–water partition coefficient (Wildman–Crippen LogP) is 9.06. The first-order valence-electron chi connectivity index (χ1n) is 16.7. The first kappa shape index (κ1) is 30.8. The molecule has 1 nitrogen and oxygen atoms in total. The Bertz CT molecular complexity index is 1360. The molecule has 0 N–H and O–H groups in total. The molecule has 0 saturated carbocycles. The van der Waals surface area contributed by atoms with Crippen LogP contribution >= 0.6 is 0 Å². The molecule has 0 fully saturated rings. The van der Waals surface area contributed by atoms with Crippen LogP contribution in [0.2, 0.25) is 0 Å². The van der Waals surface area contributed by atoms with Gasteiger partial charge >= 0.3 is 263 Å². The van der Waals surface area contributed by atoms with Gasteiger partial charge in [0.1, 0.15) is 0 Å². The fraction of sp³-hybridized carbons (Fsp3) is 0.700. The number of benzene rings is 2. The van der Waals surface area contributed by atoms with Gasteiger partial charge in [0.2, 0.25) is 0 Å². The van der Waals surface area contributed by atoms with Gasteiger partial charge in [0, 0.05) is 0 Å². The summed E-state index contributed by atoms with van der Waals surface area (Å²) in [6, 6.07) is 5.17. The van der Waals surface area contributed by atoms with Gasteiger partial charge in [-0.15, -0.1) is 0 Å². The Morgan fingerprint density at radius 1 is 0.381 bits per heavy atom. The van der Waals surface area contributed by atoms with Crippen LogP contribution in [0.25, 0.3) is 0 Å². The molecule has 0 saturated heterocycles. The molecule has 0 aliphatic heterocycles. The molecule has 0 radical (unpaired) electrons. The molecule has 0 heterocycles. The van der Waals surface area contributed by atoms with Crippen LogP contribution in [-0.2, 0) is 47.1 Å². The van der Waals surface area contributed by atoms with E-state index in [4.69, 9.17) is 0 Å². The fourth-order valence-electron chi connectivity index (χ4n) is 12.0. The van der Waals surface area contributed by atoms with Crippen molar-refractivity contribution in [3.05, 3.63) is 56.6 Å². The second kappa shape index (κ2) is 8.13. The first-order valence-corrected chi connectivity index (χ1v) is 19.6. The summed E-state index contributed by atoms with van der Waals surface area (Å²) in [6.45, 7) is 39.0. The fourth-order valence-corrected chi connectivity index (χ4v) is 18.4. The Morgan fingerprint density at radius 2 is 0.571 bits per heavy atom. The Kier molecular flexibility index (Phi) is 5.96. The van der Waals surface area contributed by atoms with Crippen molar-refractivity contribution in [3.8, 4) is 0 Å². The van der Waals surface area contributed by atoms with Gasteiger partial charge in [-0.3, -0.25) is 0 Å². The Labute approximate surface area is 262 Å². The van der Waals surface area contributed by atoms with Crippen LogP contribution in [0.15, 0.2) is 12.1 Å². The van der Waals surface area contributed by atoms with E-state index in [0.717, 1.165) is 25.7 Å². The van der Waals surface area contributed by atoms with Crippen LogP contribution < -0.4 is 8.79 Å². The molecule has 4 aliphatic rings. The standard InChI is InChI=1S/C40H58GeO/c1-33(2)19-37(9,10)27-23(33)17-24-28(38(11,12)20-34(24,3)4)31(27)41(42)32-29-25(35(5,6)21-39(29,13)14)18-26-30(32)40(15,16)22-36(26,7)8/h17-18H,19-22H2,1-16H3. The number of hydrogen-bond acceptors (Lipinski definition) is 1. The second-order valence-corrected chi connectivity index (χ2v) is 23.8. The molecule has 0 spiro atoms. The molecule has 2 aromatic rings. The van der Waals surface area contributed by atoms with Crippen molar-refractivity contribution >= 4 is 23.1 Å². The van der Waals surface area contributed by atoms with Crippen LogP contribution in [0.5, 0.6) is 0 Å². The summed E-state index contributed by atoms with van der Waals surface area (Å²) >= 11 is -3.31. The third-order valence-corrected chi connectivity index (χ3v) is 16.3. The minimum atomic E-state index is -3.31. The van der Waals surface area contributed by atoms with Gasteiger partial charge in [0.15, 0.2) is 0 Å². The van der Waals surface area contributed by atoms with Crippen LogP contribution in [0.1, 0.15) is 181 Å². The molecule has 4 aliphatic carbocycles. The van der Waals surface area contributed by atoms with E-state index in [1.807, 2.05) is 0 Å². The van der Waals surface area contributed by atoms with E-state index in [1.165, 1.54) is 53.3 Å². The summed E-state index contributed by atoms with van der Waals surface area (Å²) in [7, 11) is 0. The molecular weight excluding hydrogens is 569 g/mol. The zero-order valence-corrected chi connectivity index (χ0v) is 32.0. The summed E-state index contributed by atoms with van der Waals surface area (Å²) in [4.78, 5) is 0. The molecule has 0 bridgehead atoms. The van der Waals surface area contributed by atoms with Crippen molar-refractivity contribution in [2.24, 2.45) is 0 Å². The summed E-state index contributed by atoms with van der Waals surface area (Å²) in [5, 5.41) is 0. The van der Waals surface area contributed by atoms with E-state index in [0.29, 0.717) is 0 Å². The molecule has 0 amide bonds. The van der Waals surface area contributed by atoms with Crippen LogP contribution in [0.3, 0.4) is 0 Å². The van der Waals surface area contributed by atoms with Crippen LogP contribution in [-0.4, -0.2) is 14.3 Å². The van der Waals surface area contributed by atoms with E-state index >= 15 is 3.78 Å². The van der Waals surface area contributed by atoms with Gasteiger partial charge in [-0.1, -0.05) is 0 Å². The maximum atomic E-state index is 16.3. The minimum absolute atomic E-state index is 0.000623. The monoisotopic (exact) mass is 628 g/mol.